The molecule has 0 unspecified atom stereocenters. The third kappa shape index (κ3) is 5.79. The molecule has 7 heteroatoms. The molecule has 2 aromatic carbocycles. The molecule has 0 saturated carbocycles. The molecule has 0 aliphatic heterocycles. The summed E-state index contributed by atoms with van der Waals surface area (Å²) in [5.41, 5.74) is 3.64. The van der Waals surface area contributed by atoms with E-state index in [-0.39, 0.29) is 6.42 Å². The Hall–Kier alpha value is -2.90. The summed E-state index contributed by atoms with van der Waals surface area (Å²) in [6, 6.07) is 13.7. The number of rotatable bonds is 8. The molecule has 0 aliphatic carbocycles. The van der Waals surface area contributed by atoms with Crippen LogP contribution in [0.5, 0.6) is 0 Å². The van der Waals surface area contributed by atoms with Crippen LogP contribution in [0.3, 0.4) is 0 Å². The molecule has 0 saturated heterocycles. The molecular weight excluding hydrogens is 367 g/mol. The minimum Gasteiger partial charge on any atom is -0.426 e. The van der Waals surface area contributed by atoms with Crippen molar-refractivity contribution in [3.63, 3.8) is 0 Å². The van der Waals surface area contributed by atoms with Crippen LogP contribution in [0.2, 0.25) is 0 Å². The maximum absolute atomic E-state index is 12.8. The monoisotopic (exact) mass is 394 g/mol. The highest BCUT2D eigenvalue weighted by Crippen LogP contribution is 2.18. The normalized spacial score (nSPS) is 12.6. The molecule has 29 heavy (non-hydrogen) atoms. The van der Waals surface area contributed by atoms with Gasteiger partial charge in [-0.1, -0.05) is 43.0 Å². The predicted molar refractivity (Wildman–Crippen MR) is 115 cm³/mol. The molecule has 0 radical (unpaired) electrons. The number of nitrogens with one attached hydrogen (secondary N) is 1. The Labute approximate surface area is 172 Å². The van der Waals surface area contributed by atoms with Gasteiger partial charge in [-0.3, -0.25) is 14.5 Å². The van der Waals surface area contributed by atoms with Crippen LogP contribution in [0.1, 0.15) is 23.6 Å². The van der Waals surface area contributed by atoms with Crippen molar-refractivity contribution < 1.29 is 19.6 Å². The number of hydrogen-bond donors (Lipinski definition) is 3. The highest BCUT2D eigenvalue weighted by molar-refractivity contribution is 6.43. The van der Waals surface area contributed by atoms with Crippen molar-refractivity contribution in [3.8, 4) is 0 Å². The molecule has 2 aromatic rings. The largest absolute Gasteiger partial charge is 0.475 e. The van der Waals surface area contributed by atoms with E-state index in [2.05, 4.69) is 11.9 Å². The molecule has 0 bridgehead atoms. The number of para-hydroxylation sites is 1. The lowest BCUT2D eigenvalue weighted by molar-refractivity contribution is -0.125. The lowest BCUT2D eigenvalue weighted by Crippen LogP contribution is -2.55. The van der Waals surface area contributed by atoms with Crippen molar-refractivity contribution in [2.75, 3.05) is 4.90 Å². The van der Waals surface area contributed by atoms with E-state index in [4.69, 9.17) is 0 Å². The predicted octanol–water partition coefficient (Wildman–Crippen LogP) is 1.95. The van der Waals surface area contributed by atoms with Crippen LogP contribution in [0, 0.1) is 13.8 Å². The summed E-state index contributed by atoms with van der Waals surface area (Å²) in [4.78, 5) is 26.5. The summed E-state index contributed by atoms with van der Waals surface area (Å²) in [6.07, 6.45) is 1.39. The van der Waals surface area contributed by atoms with Crippen LogP contribution in [0.15, 0.2) is 61.2 Å². The van der Waals surface area contributed by atoms with Crippen LogP contribution in [-0.4, -0.2) is 41.0 Å². The lowest BCUT2D eigenvalue weighted by atomic mass is 9.75. The zero-order chi connectivity index (χ0) is 21.6. The summed E-state index contributed by atoms with van der Waals surface area (Å²) < 4.78 is 0. The highest BCUT2D eigenvalue weighted by Gasteiger charge is 2.31. The molecule has 2 amide bonds. The molecule has 2 rings (SSSR count). The molecule has 0 aliphatic rings. The van der Waals surface area contributed by atoms with Crippen LogP contribution in [0.25, 0.3) is 0 Å². The number of anilines is 1. The topological polar surface area (TPSA) is 89.9 Å². The van der Waals surface area contributed by atoms with Crippen molar-refractivity contribution in [3.05, 3.63) is 77.9 Å². The average Bonchev–Trinajstić information content (AvgIpc) is 2.70. The van der Waals surface area contributed by atoms with Gasteiger partial charge < -0.3 is 15.4 Å². The van der Waals surface area contributed by atoms with Crippen LogP contribution in [0.4, 0.5) is 5.69 Å². The smallest absolute Gasteiger partial charge is 0.426 e. The van der Waals surface area contributed by atoms with Crippen LogP contribution < -0.4 is 10.2 Å². The standard InChI is InChI=1S/C22H27BN2O4/c1-5-21(26)25(19-9-7-6-8-10-19)17(4)22(27)24-20(23(28)29)14-18-12-11-15(2)16(3)13-18/h5-13,17,20,28-29H,1,14H2,2-4H3,(H,24,27)/t17-,20-/m0/s1. The second kappa shape index (κ2) is 10.0. The third-order valence-corrected chi connectivity index (χ3v) is 4.93. The van der Waals surface area contributed by atoms with Crippen LogP contribution in [-0.2, 0) is 16.0 Å². The average molecular weight is 394 g/mol. The Morgan fingerprint density at radius 2 is 1.79 bits per heavy atom. The Balaban J connectivity index is 2.19. The minimum absolute atomic E-state index is 0.248. The lowest BCUT2D eigenvalue weighted by Gasteiger charge is -2.29. The van der Waals surface area contributed by atoms with Crippen molar-refractivity contribution in [2.45, 2.75) is 39.2 Å². The molecular formula is C22H27BN2O4. The first-order chi connectivity index (χ1) is 13.7. The van der Waals surface area contributed by atoms with Gasteiger partial charge in [0.2, 0.25) is 5.91 Å². The molecule has 0 spiro atoms. The van der Waals surface area contributed by atoms with E-state index in [0.717, 1.165) is 22.8 Å². The number of benzene rings is 2. The fraction of sp³-hybridized carbons (Fsp3) is 0.273. The summed E-state index contributed by atoms with van der Waals surface area (Å²) >= 11 is 0. The zero-order valence-corrected chi connectivity index (χ0v) is 17.0. The van der Waals surface area contributed by atoms with Crippen molar-refractivity contribution >= 4 is 24.6 Å². The van der Waals surface area contributed by atoms with Gasteiger partial charge in [0.05, 0.1) is 5.94 Å². The van der Waals surface area contributed by atoms with E-state index in [1.54, 1.807) is 31.2 Å². The summed E-state index contributed by atoms with van der Waals surface area (Å²) in [5, 5.41) is 22.2. The van der Waals surface area contributed by atoms with Gasteiger partial charge in [-0.25, -0.2) is 0 Å². The Morgan fingerprint density at radius 3 is 2.34 bits per heavy atom. The first-order valence-electron chi connectivity index (χ1n) is 9.48. The van der Waals surface area contributed by atoms with Crippen molar-refractivity contribution in [1.29, 1.82) is 0 Å². The van der Waals surface area contributed by atoms with Crippen molar-refractivity contribution in [1.82, 2.24) is 5.32 Å². The highest BCUT2D eigenvalue weighted by atomic mass is 16.4. The summed E-state index contributed by atoms with van der Waals surface area (Å²) in [6.45, 7) is 9.06. The molecule has 0 fully saturated rings. The molecule has 0 heterocycles. The summed E-state index contributed by atoms with van der Waals surface area (Å²) in [7, 11) is -1.74. The fourth-order valence-electron chi connectivity index (χ4n) is 3.06. The fourth-order valence-corrected chi connectivity index (χ4v) is 3.06. The van der Waals surface area contributed by atoms with Gasteiger partial charge in [0, 0.05) is 5.69 Å². The number of aryl methyl sites for hydroxylation is 2. The number of carbonyl (C=O) groups excluding carboxylic acids is 2. The Bertz CT molecular complexity index is 870. The van der Waals surface area contributed by atoms with Crippen LogP contribution >= 0.6 is 0 Å². The van der Waals surface area contributed by atoms with Gasteiger partial charge in [0.1, 0.15) is 6.04 Å². The van der Waals surface area contributed by atoms with Gasteiger partial charge in [-0.2, -0.15) is 0 Å². The second-order valence-electron chi connectivity index (χ2n) is 7.08. The third-order valence-electron chi connectivity index (χ3n) is 4.93. The first kappa shape index (κ1) is 22.4. The minimum atomic E-state index is -1.74. The van der Waals surface area contributed by atoms with E-state index >= 15 is 0 Å². The van der Waals surface area contributed by atoms with E-state index in [0.29, 0.717) is 5.69 Å². The van der Waals surface area contributed by atoms with E-state index in [1.807, 2.05) is 38.1 Å². The van der Waals surface area contributed by atoms with Gasteiger partial charge in [-0.15, -0.1) is 0 Å². The van der Waals surface area contributed by atoms with E-state index in [9.17, 15) is 19.6 Å². The van der Waals surface area contributed by atoms with E-state index in [1.165, 1.54) is 4.90 Å². The summed E-state index contributed by atoms with van der Waals surface area (Å²) in [5.74, 6) is -1.83. The van der Waals surface area contributed by atoms with Gasteiger partial charge in [-0.05, 0) is 62.1 Å². The Morgan fingerprint density at radius 1 is 1.14 bits per heavy atom. The van der Waals surface area contributed by atoms with Gasteiger partial charge in [0.15, 0.2) is 0 Å². The SMILES string of the molecule is C=CC(=O)N(c1ccccc1)[C@@H](C)C(=O)N[C@@H](Cc1ccc(C)c(C)c1)B(O)O. The molecule has 6 nitrogen and oxygen atoms in total. The zero-order valence-electron chi connectivity index (χ0n) is 17.0. The van der Waals surface area contributed by atoms with E-state index < -0.39 is 30.9 Å². The Kier molecular flexibility index (Phi) is 7.76. The molecule has 0 aromatic heterocycles. The second-order valence-corrected chi connectivity index (χ2v) is 7.08. The number of carbonyl (C=O) groups is 2. The number of nitrogens with zero attached hydrogens (tertiary/aromatic N) is 1. The molecule has 2 atom stereocenters. The quantitative estimate of drug-likeness (QED) is 0.472. The maximum atomic E-state index is 12.8. The van der Waals surface area contributed by atoms with Crippen molar-refractivity contribution in [2.24, 2.45) is 0 Å². The molecule has 3 N–H and O–H groups in total. The van der Waals surface area contributed by atoms with Gasteiger partial charge >= 0.3 is 7.12 Å². The number of hydrogen-bond acceptors (Lipinski definition) is 4. The molecule has 152 valence electrons. The first-order valence-corrected chi connectivity index (χ1v) is 9.48. The van der Waals surface area contributed by atoms with Gasteiger partial charge in [0.25, 0.3) is 5.91 Å². The maximum Gasteiger partial charge on any atom is 0.475 e. The number of amides is 2.